The Labute approximate surface area is 206 Å². The number of ether oxygens (including phenoxy) is 1. The Balaban J connectivity index is 1.81. The maximum absolute atomic E-state index is 13.0. The van der Waals surface area contributed by atoms with Crippen molar-refractivity contribution in [2.24, 2.45) is 0 Å². The molecule has 176 valence electrons. The molecule has 3 aromatic carbocycles. The van der Waals surface area contributed by atoms with Crippen LogP contribution >= 0.6 is 15.9 Å². The second-order valence-corrected chi connectivity index (χ2v) is 8.41. The molecule has 0 heterocycles. The Hall–Kier alpha value is -3.49. The Kier molecular flexibility index (Phi) is 8.95. The second kappa shape index (κ2) is 12.1. The molecule has 34 heavy (non-hydrogen) atoms. The molecular formula is C26H25BrN2O5. The largest absolute Gasteiger partial charge is 0.467 e. The van der Waals surface area contributed by atoms with Gasteiger partial charge >= 0.3 is 5.97 Å². The molecule has 0 aliphatic heterocycles. The number of nitrogens with one attached hydrogen (secondary N) is 2. The number of hydrogen-bond donors (Lipinski definition) is 3. The fourth-order valence-electron chi connectivity index (χ4n) is 3.45. The minimum absolute atomic E-state index is 0.152. The van der Waals surface area contributed by atoms with Gasteiger partial charge in [0.2, 0.25) is 0 Å². The molecule has 3 rings (SSSR count). The van der Waals surface area contributed by atoms with Crippen LogP contribution in [0.1, 0.15) is 27.5 Å². The van der Waals surface area contributed by atoms with E-state index >= 15 is 0 Å². The molecule has 2 amide bonds. The van der Waals surface area contributed by atoms with Crippen molar-refractivity contribution < 1.29 is 24.2 Å². The average Bonchev–Trinajstić information content (AvgIpc) is 2.88. The van der Waals surface area contributed by atoms with Crippen molar-refractivity contribution in [3.05, 3.63) is 106 Å². The summed E-state index contributed by atoms with van der Waals surface area (Å²) in [5.41, 5.74) is 1.71. The number of hydrogen-bond acceptors (Lipinski definition) is 5. The minimum Gasteiger partial charge on any atom is -0.467 e. The summed E-state index contributed by atoms with van der Waals surface area (Å²) in [5, 5.41) is 16.3. The average molecular weight is 525 g/mol. The molecular weight excluding hydrogens is 500 g/mol. The lowest BCUT2D eigenvalue weighted by Gasteiger charge is -2.26. The van der Waals surface area contributed by atoms with Gasteiger partial charge in [0.25, 0.3) is 11.8 Å². The van der Waals surface area contributed by atoms with E-state index in [0.717, 1.165) is 10.0 Å². The van der Waals surface area contributed by atoms with Gasteiger partial charge in [-0.1, -0.05) is 82.7 Å². The van der Waals surface area contributed by atoms with Crippen LogP contribution in [-0.4, -0.2) is 42.1 Å². The van der Waals surface area contributed by atoms with E-state index in [1.165, 1.54) is 7.11 Å². The van der Waals surface area contributed by atoms with Crippen LogP contribution in [0.4, 0.5) is 0 Å². The number of esters is 1. The summed E-state index contributed by atoms with van der Waals surface area (Å²) >= 11 is 3.43. The minimum atomic E-state index is -1.67. The van der Waals surface area contributed by atoms with E-state index in [-0.39, 0.29) is 6.42 Å². The molecule has 8 heteroatoms. The highest BCUT2D eigenvalue weighted by Crippen LogP contribution is 2.20. The van der Waals surface area contributed by atoms with Crippen LogP contribution < -0.4 is 10.6 Å². The number of amides is 2. The molecule has 0 saturated heterocycles. The first kappa shape index (κ1) is 25.1. The molecule has 0 aliphatic rings. The monoisotopic (exact) mass is 524 g/mol. The van der Waals surface area contributed by atoms with E-state index < -0.39 is 36.0 Å². The lowest BCUT2D eigenvalue weighted by molar-refractivity contribution is -0.146. The fourth-order valence-corrected chi connectivity index (χ4v) is 3.89. The van der Waals surface area contributed by atoms with Crippen molar-refractivity contribution in [3.63, 3.8) is 0 Å². The fraction of sp³-hybridized carbons (Fsp3) is 0.192. The lowest BCUT2D eigenvalue weighted by Crippen LogP contribution is -2.51. The zero-order chi connectivity index (χ0) is 24.5. The highest BCUT2D eigenvalue weighted by molar-refractivity contribution is 9.10. The quantitative estimate of drug-likeness (QED) is 0.373. The number of methoxy groups -OCH3 is 1. The van der Waals surface area contributed by atoms with E-state index in [1.54, 1.807) is 60.7 Å². The predicted molar refractivity (Wildman–Crippen MR) is 131 cm³/mol. The van der Waals surface area contributed by atoms with Gasteiger partial charge in [0.1, 0.15) is 6.04 Å². The van der Waals surface area contributed by atoms with E-state index in [1.807, 2.05) is 24.3 Å². The number of aliphatic hydroxyl groups excluding tert-OH is 1. The van der Waals surface area contributed by atoms with Crippen molar-refractivity contribution in [1.82, 2.24) is 10.6 Å². The van der Waals surface area contributed by atoms with Crippen LogP contribution in [0.2, 0.25) is 0 Å². The number of carbonyl (C=O) groups excluding carboxylic acids is 3. The second-order valence-electron chi connectivity index (χ2n) is 7.55. The Morgan fingerprint density at radius 2 is 1.47 bits per heavy atom. The summed E-state index contributed by atoms with van der Waals surface area (Å²) in [6, 6.07) is 22.4. The van der Waals surface area contributed by atoms with Gasteiger partial charge in [-0.15, -0.1) is 0 Å². The molecule has 7 nitrogen and oxygen atoms in total. The van der Waals surface area contributed by atoms with Gasteiger partial charge in [-0.05, 0) is 29.3 Å². The molecule has 0 aromatic heterocycles. The number of aliphatic hydroxyl groups is 1. The normalized spacial score (nSPS) is 13.3. The number of carbonyl (C=O) groups is 3. The number of rotatable bonds is 9. The topological polar surface area (TPSA) is 105 Å². The van der Waals surface area contributed by atoms with Crippen LogP contribution in [0.3, 0.4) is 0 Å². The van der Waals surface area contributed by atoms with Gasteiger partial charge < -0.3 is 20.5 Å². The highest BCUT2D eigenvalue weighted by atomic mass is 79.9. The summed E-state index contributed by atoms with van der Waals surface area (Å²) in [4.78, 5) is 38.2. The molecule has 0 radical (unpaired) electrons. The SMILES string of the molecule is COC(=O)[C@@H](Cc1ccccc1Br)NC(=O)[C@H](O)[C@@H](NC(=O)c1ccccc1)c1ccccc1. The maximum Gasteiger partial charge on any atom is 0.328 e. The molecule has 3 N–H and O–H groups in total. The summed E-state index contributed by atoms with van der Waals surface area (Å²) < 4.78 is 5.63. The third-order valence-electron chi connectivity index (χ3n) is 5.25. The van der Waals surface area contributed by atoms with E-state index in [9.17, 15) is 19.5 Å². The van der Waals surface area contributed by atoms with Crippen molar-refractivity contribution in [2.45, 2.75) is 24.6 Å². The standard InChI is InChI=1S/C26H25BrN2O5/c1-34-26(33)21(16-19-14-8-9-15-20(19)27)28-25(32)23(30)22(17-10-4-2-5-11-17)29-24(31)18-12-6-3-7-13-18/h2-15,21-23,30H,16H2,1H3,(H,28,32)(H,29,31)/t21-,22+,23-/m1/s1. The summed E-state index contributed by atoms with van der Waals surface area (Å²) in [5.74, 6) is -1.91. The zero-order valence-corrected chi connectivity index (χ0v) is 20.1. The smallest absolute Gasteiger partial charge is 0.328 e. The highest BCUT2D eigenvalue weighted by Gasteiger charge is 2.32. The first-order valence-electron chi connectivity index (χ1n) is 10.6. The van der Waals surface area contributed by atoms with Gasteiger partial charge in [0, 0.05) is 16.5 Å². The first-order valence-corrected chi connectivity index (χ1v) is 11.4. The van der Waals surface area contributed by atoms with Crippen molar-refractivity contribution >= 4 is 33.7 Å². The van der Waals surface area contributed by atoms with Gasteiger partial charge in [0.15, 0.2) is 6.10 Å². The first-order chi connectivity index (χ1) is 16.4. The third-order valence-corrected chi connectivity index (χ3v) is 6.02. The van der Waals surface area contributed by atoms with Crippen molar-refractivity contribution in [2.75, 3.05) is 7.11 Å². The molecule has 0 bridgehead atoms. The van der Waals surface area contributed by atoms with E-state index in [2.05, 4.69) is 26.6 Å². The number of halogens is 1. The zero-order valence-electron chi connectivity index (χ0n) is 18.5. The number of benzene rings is 3. The Morgan fingerprint density at radius 3 is 2.09 bits per heavy atom. The van der Waals surface area contributed by atoms with Crippen LogP contribution in [0.5, 0.6) is 0 Å². The Morgan fingerprint density at radius 1 is 0.882 bits per heavy atom. The predicted octanol–water partition coefficient (Wildman–Crippen LogP) is 3.18. The van der Waals surface area contributed by atoms with E-state index in [4.69, 9.17) is 4.74 Å². The summed E-state index contributed by atoms with van der Waals surface area (Å²) in [6.45, 7) is 0. The van der Waals surface area contributed by atoms with Gasteiger partial charge in [-0.2, -0.15) is 0 Å². The molecule has 0 unspecified atom stereocenters. The van der Waals surface area contributed by atoms with Gasteiger partial charge in [-0.25, -0.2) is 4.79 Å². The lowest BCUT2D eigenvalue weighted by atomic mass is 9.99. The van der Waals surface area contributed by atoms with E-state index in [0.29, 0.717) is 11.1 Å². The van der Waals surface area contributed by atoms with Crippen LogP contribution in [0, 0.1) is 0 Å². The molecule has 3 aromatic rings. The third kappa shape index (κ3) is 6.52. The molecule has 0 fully saturated rings. The molecule has 0 aliphatic carbocycles. The van der Waals surface area contributed by atoms with Gasteiger partial charge in [0.05, 0.1) is 13.2 Å². The summed E-state index contributed by atoms with van der Waals surface area (Å²) in [6.07, 6.45) is -1.51. The molecule has 0 saturated carbocycles. The Bertz CT molecular complexity index is 1120. The van der Waals surface area contributed by atoms with Crippen LogP contribution in [0.15, 0.2) is 89.4 Å². The van der Waals surface area contributed by atoms with Crippen LogP contribution in [-0.2, 0) is 20.7 Å². The van der Waals surface area contributed by atoms with Crippen molar-refractivity contribution in [1.29, 1.82) is 0 Å². The molecule has 0 spiro atoms. The maximum atomic E-state index is 13.0. The summed E-state index contributed by atoms with van der Waals surface area (Å²) in [7, 11) is 1.23. The molecule has 3 atom stereocenters. The van der Waals surface area contributed by atoms with Crippen molar-refractivity contribution in [3.8, 4) is 0 Å². The van der Waals surface area contributed by atoms with Gasteiger partial charge in [-0.3, -0.25) is 9.59 Å². The van der Waals surface area contributed by atoms with Crippen LogP contribution in [0.25, 0.3) is 0 Å².